The number of benzene rings is 1. The molecule has 0 saturated heterocycles. The van der Waals surface area contributed by atoms with Crippen LogP contribution in [0.5, 0.6) is 5.75 Å². The largest absolute Gasteiger partial charge is 0.508 e. The average Bonchev–Trinajstić information content (AvgIpc) is 2.12. The molecule has 0 saturated carbocycles. The van der Waals surface area contributed by atoms with E-state index in [0.717, 1.165) is 12.8 Å². The first-order valence-corrected chi connectivity index (χ1v) is 5.36. The minimum absolute atomic E-state index is 0.491. The molecule has 64 valence electrons. The van der Waals surface area contributed by atoms with Crippen LogP contribution in [-0.2, 0) is 12.8 Å². The van der Waals surface area contributed by atoms with E-state index in [1.807, 2.05) is 12.1 Å². The summed E-state index contributed by atoms with van der Waals surface area (Å²) in [5.74, 6) is 0.491. The smallest absolute Gasteiger partial charge is 0.119 e. The lowest BCUT2D eigenvalue weighted by atomic mass is 9.91. The van der Waals surface area contributed by atoms with Gasteiger partial charge < -0.3 is 5.11 Å². The molecule has 1 aliphatic rings. The standard InChI is InChI=1S/C10H11IO/c11-9-5-6-10(12)8-4-2-1-3-7(8)9/h5-6,12H,1-4H2. The molecule has 1 nitrogen and oxygen atoms in total. The number of phenolic OH excluding ortho intramolecular Hbond substituents is 1. The minimum atomic E-state index is 0.491. The first-order valence-electron chi connectivity index (χ1n) is 4.28. The molecule has 0 aromatic heterocycles. The summed E-state index contributed by atoms with van der Waals surface area (Å²) in [7, 11) is 0. The molecule has 12 heavy (non-hydrogen) atoms. The van der Waals surface area contributed by atoms with Gasteiger partial charge in [0.1, 0.15) is 5.75 Å². The molecular weight excluding hydrogens is 263 g/mol. The van der Waals surface area contributed by atoms with Crippen LogP contribution in [0.15, 0.2) is 12.1 Å². The second kappa shape index (κ2) is 3.24. The van der Waals surface area contributed by atoms with Crippen molar-refractivity contribution in [2.24, 2.45) is 0 Å². The number of rotatable bonds is 0. The van der Waals surface area contributed by atoms with E-state index >= 15 is 0 Å². The summed E-state index contributed by atoms with van der Waals surface area (Å²) in [6.07, 6.45) is 4.69. The molecule has 1 aromatic rings. The van der Waals surface area contributed by atoms with E-state index in [1.54, 1.807) is 0 Å². The predicted octanol–water partition coefficient (Wildman–Crippen LogP) is 2.88. The average molecular weight is 274 g/mol. The van der Waals surface area contributed by atoms with E-state index in [1.165, 1.54) is 27.5 Å². The Labute approximate surface area is 85.9 Å². The van der Waals surface area contributed by atoms with Crippen LogP contribution < -0.4 is 0 Å². The summed E-state index contributed by atoms with van der Waals surface area (Å²) >= 11 is 2.35. The van der Waals surface area contributed by atoms with E-state index in [9.17, 15) is 5.11 Å². The number of halogens is 1. The molecule has 0 fully saturated rings. The van der Waals surface area contributed by atoms with Crippen molar-refractivity contribution in [1.82, 2.24) is 0 Å². The van der Waals surface area contributed by atoms with Gasteiger partial charge in [-0.3, -0.25) is 0 Å². The SMILES string of the molecule is Oc1ccc(I)c2c1CCCC2. The van der Waals surface area contributed by atoms with E-state index in [0.29, 0.717) is 5.75 Å². The second-order valence-corrected chi connectivity index (χ2v) is 4.39. The fraction of sp³-hybridized carbons (Fsp3) is 0.400. The zero-order chi connectivity index (χ0) is 8.55. The van der Waals surface area contributed by atoms with Gasteiger partial charge in [-0.05, 0) is 71.5 Å². The third-order valence-corrected chi connectivity index (χ3v) is 3.46. The molecule has 1 aromatic carbocycles. The van der Waals surface area contributed by atoms with Crippen molar-refractivity contribution in [3.05, 3.63) is 26.8 Å². The quantitative estimate of drug-likeness (QED) is 0.721. The normalized spacial score (nSPS) is 15.8. The first kappa shape index (κ1) is 8.35. The summed E-state index contributed by atoms with van der Waals surface area (Å²) < 4.78 is 1.31. The van der Waals surface area contributed by atoms with Crippen LogP contribution in [0.4, 0.5) is 0 Å². The third kappa shape index (κ3) is 1.32. The van der Waals surface area contributed by atoms with E-state index in [2.05, 4.69) is 22.6 Å². The molecule has 0 bridgehead atoms. The molecule has 1 aliphatic carbocycles. The number of aromatic hydroxyl groups is 1. The molecule has 2 heteroatoms. The molecule has 0 amide bonds. The van der Waals surface area contributed by atoms with Gasteiger partial charge >= 0.3 is 0 Å². The maximum Gasteiger partial charge on any atom is 0.119 e. The second-order valence-electron chi connectivity index (χ2n) is 3.23. The van der Waals surface area contributed by atoms with Crippen molar-refractivity contribution < 1.29 is 5.11 Å². The summed E-state index contributed by atoms with van der Waals surface area (Å²) in [6.45, 7) is 0. The highest BCUT2D eigenvalue weighted by molar-refractivity contribution is 14.1. The minimum Gasteiger partial charge on any atom is -0.508 e. The van der Waals surface area contributed by atoms with Gasteiger partial charge in [0.15, 0.2) is 0 Å². The summed E-state index contributed by atoms with van der Waals surface area (Å²) in [6, 6.07) is 3.81. The summed E-state index contributed by atoms with van der Waals surface area (Å²) in [5.41, 5.74) is 2.56. The highest BCUT2D eigenvalue weighted by atomic mass is 127. The molecule has 0 aliphatic heterocycles. The molecule has 2 rings (SSSR count). The highest BCUT2D eigenvalue weighted by Crippen LogP contribution is 2.31. The van der Waals surface area contributed by atoms with Crippen LogP contribution in [0.2, 0.25) is 0 Å². The first-order chi connectivity index (χ1) is 5.79. The Hall–Kier alpha value is -0.250. The monoisotopic (exact) mass is 274 g/mol. The Morgan fingerprint density at radius 3 is 2.42 bits per heavy atom. The van der Waals surface area contributed by atoms with Gasteiger partial charge in [-0.25, -0.2) is 0 Å². The van der Waals surface area contributed by atoms with Crippen molar-refractivity contribution in [3.63, 3.8) is 0 Å². The van der Waals surface area contributed by atoms with Gasteiger partial charge in [-0.2, -0.15) is 0 Å². The lowest BCUT2D eigenvalue weighted by Gasteiger charge is -2.17. The van der Waals surface area contributed by atoms with Crippen LogP contribution >= 0.6 is 22.6 Å². The number of hydrogen-bond donors (Lipinski definition) is 1. The van der Waals surface area contributed by atoms with E-state index in [4.69, 9.17) is 0 Å². The predicted molar refractivity (Wildman–Crippen MR) is 57.5 cm³/mol. The lowest BCUT2D eigenvalue weighted by Crippen LogP contribution is -2.04. The van der Waals surface area contributed by atoms with Crippen LogP contribution in [-0.4, -0.2) is 5.11 Å². The van der Waals surface area contributed by atoms with Crippen LogP contribution in [0.1, 0.15) is 24.0 Å². The van der Waals surface area contributed by atoms with E-state index < -0.39 is 0 Å². The Balaban J connectivity index is 2.57. The molecule has 0 atom stereocenters. The van der Waals surface area contributed by atoms with Crippen molar-refractivity contribution in [2.45, 2.75) is 25.7 Å². The lowest BCUT2D eigenvalue weighted by molar-refractivity contribution is 0.461. The van der Waals surface area contributed by atoms with Crippen LogP contribution in [0.25, 0.3) is 0 Å². The Kier molecular flexibility index (Phi) is 2.26. The number of phenols is 1. The third-order valence-electron chi connectivity index (χ3n) is 2.45. The van der Waals surface area contributed by atoms with Crippen molar-refractivity contribution in [1.29, 1.82) is 0 Å². The Bertz CT molecular complexity index is 276. The molecule has 1 N–H and O–H groups in total. The van der Waals surface area contributed by atoms with Crippen molar-refractivity contribution in [3.8, 4) is 5.75 Å². The fourth-order valence-electron chi connectivity index (χ4n) is 1.80. The van der Waals surface area contributed by atoms with Gasteiger partial charge in [0.2, 0.25) is 0 Å². The van der Waals surface area contributed by atoms with Gasteiger partial charge in [-0.1, -0.05) is 0 Å². The maximum atomic E-state index is 9.58. The molecule has 0 radical (unpaired) electrons. The summed E-state index contributed by atoms with van der Waals surface area (Å²) in [4.78, 5) is 0. The van der Waals surface area contributed by atoms with Crippen LogP contribution in [0.3, 0.4) is 0 Å². The van der Waals surface area contributed by atoms with Crippen molar-refractivity contribution in [2.75, 3.05) is 0 Å². The van der Waals surface area contributed by atoms with Gasteiger partial charge in [0.05, 0.1) is 0 Å². The molecule has 0 heterocycles. The van der Waals surface area contributed by atoms with E-state index in [-0.39, 0.29) is 0 Å². The molecular formula is C10H11IO. The fourth-order valence-corrected chi connectivity index (χ4v) is 2.58. The highest BCUT2D eigenvalue weighted by Gasteiger charge is 2.14. The van der Waals surface area contributed by atoms with Gasteiger partial charge in [0, 0.05) is 3.57 Å². The summed E-state index contributed by atoms with van der Waals surface area (Å²) in [5, 5.41) is 9.58. The van der Waals surface area contributed by atoms with Crippen molar-refractivity contribution >= 4 is 22.6 Å². The van der Waals surface area contributed by atoms with Gasteiger partial charge in [-0.15, -0.1) is 0 Å². The molecule has 0 unspecified atom stereocenters. The topological polar surface area (TPSA) is 20.2 Å². The molecule has 0 spiro atoms. The Morgan fingerprint density at radius 1 is 1.08 bits per heavy atom. The zero-order valence-corrected chi connectivity index (χ0v) is 8.97. The van der Waals surface area contributed by atoms with Gasteiger partial charge in [0.25, 0.3) is 0 Å². The maximum absolute atomic E-state index is 9.58. The Morgan fingerprint density at radius 2 is 1.75 bits per heavy atom. The number of fused-ring (bicyclic) bond motifs is 1. The number of hydrogen-bond acceptors (Lipinski definition) is 1. The van der Waals surface area contributed by atoms with Crippen LogP contribution in [0, 0.1) is 3.57 Å². The zero-order valence-electron chi connectivity index (χ0n) is 6.81.